The Kier molecular flexibility index (Phi) is 6.57. The molecule has 0 rings (SSSR count). The first kappa shape index (κ1) is 14.4. The predicted molar refractivity (Wildman–Crippen MR) is 64.9 cm³/mol. The highest BCUT2D eigenvalue weighted by atomic mass is 16.2. The number of amides is 1. The molecule has 0 bridgehead atoms. The van der Waals surface area contributed by atoms with Crippen LogP contribution in [0.3, 0.4) is 0 Å². The minimum absolute atomic E-state index is 0.118. The summed E-state index contributed by atoms with van der Waals surface area (Å²) in [7, 11) is 0. The van der Waals surface area contributed by atoms with Gasteiger partial charge in [0.2, 0.25) is 5.91 Å². The average molecular weight is 214 g/mol. The molecule has 3 heteroatoms. The first-order valence-electron chi connectivity index (χ1n) is 6.06. The molecular formula is C12H26N2O. The van der Waals surface area contributed by atoms with E-state index in [1.54, 1.807) is 0 Å². The number of hydrogen-bond acceptors (Lipinski definition) is 2. The van der Waals surface area contributed by atoms with Crippen molar-refractivity contribution >= 4 is 5.91 Å². The Morgan fingerprint density at radius 1 is 1.33 bits per heavy atom. The van der Waals surface area contributed by atoms with Crippen molar-refractivity contribution in [2.45, 2.75) is 65.5 Å². The van der Waals surface area contributed by atoms with Gasteiger partial charge in [-0.3, -0.25) is 4.79 Å². The summed E-state index contributed by atoms with van der Waals surface area (Å²) in [4.78, 5) is 11.9. The van der Waals surface area contributed by atoms with E-state index in [-0.39, 0.29) is 5.91 Å². The van der Waals surface area contributed by atoms with Crippen LogP contribution in [0.25, 0.3) is 0 Å². The largest absolute Gasteiger partial charge is 0.355 e. The van der Waals surface area contributed by atoms with Gasteiger partial charge in [0, 0.05) is 12.6 Å². The second-order valence-electron chi connectivity index (χ2n) is 4.40. The topological polar surface area (TPSA) is 41.1 Å². The molecule has 0 spiro atoms. The number of hydrogen-bond donors (Lipinski definition) is 2. The van der Waals surface area contributed by atoms with Gasteiger partial charge in [-0.15, -0.1) is 0 Å². The molecule has 2 atom stereocenters. The molecule has 15 heavy (non-hydrogen) atoms. The van der Waals surface area contributed by atoms with Crippen LogP contribution in [0.15, 0.2) is 0 Å². The molecule has 0 saturated carbocycles. The van der Waals surface area contributed by atoms with E-state index in [1.165, 1.54) is 0 Å². The molecule has 3 nitrogen and oxygen atoms in total. The van der Waals surface area contributed by atoms with Crippen molar-refractivity contribution in [3.8, 4) is 0 Å². The van der Waals surface area contributed by atoms with Crippen molar-refractivity contribution in [1.29, 1.82) is 0 Å². The number of rotatable bonds is 7. The zero-order valence-corrected chi connectivity index (χ0v) is 10.8. The second-order valence-corrected chi connectivity index (χ2v) is 4.40. The van der Waals surface area contributed by atoms with Gasteiger partial charge in [0.1, 0.15) is 0 Å². The zero-order chi connectivity index (χ0) is 11.9. The summed E-state index contributed by atoms with van der Waals surface area (Å²) in [6, 6.07) is 0.379. The smallest absolute Gasteiger partial charge is 0.240 e. The molecular weight excluding hydrogens is 188 g/mol. The van der Waals surface area contributed by atoms with Crippen molar-refractivity contribution in [3.63, 3.8) is 0 Å². The van der Waals surface area contributed by atoms with E-state index in [0.717, 1.165) is 19.3 Å². The van der Waals surface area contributed by atoms with Gasteiger partial charge in [-0.1, -0.05) is 20.3 Å². The summed E-state index contributed by atoms with van der Waals surface area (Å²) in [5.41, 5.74) is -0.416. The fraction of sp³-hybridized carbons (Fsp3) is 0.917. The summed E-state index contributed by atoms with van der Waals surface area (Å²) in [5, 5.41) is 6.32. The zero-order valence-electron chi connectivity index (χ0n) is 10.8. The molecule has 0 aromatic heterocycles. The molecule has 2 N–H and O–H groups in total. The maximum absolute atomic E-state index is 11.9. The molecule has 90 valence electrons. The van der Waals surface area contributed by atoms with Crippen LogP contribution in [0.5, 0.6) is 0 Å². The lowest BCUT2D eigenvalue weighted by Crippen LogP contribution is -2.57. The van der Waals surface area contributed by atoms with Crippen LogP contribution in [0.4, 0.5) is 0 Å². The first-order chi connectivity index (χ1) is 7.00. The highest BCUT2D eigenvalue weighted by molar-refractivity contribution is 5.85. The van der Waals surface area contributed by atoms with Crippen LogP contribution < -0.4 is 10.6 Å². The lowest BCUT2D eigenvalue weighted by atomic mass is 9.93. The van der Waals surface area contributed by atoms with Crippen LogP contribution in [0.1, 0.15) is 53.9 Å². The van der Waals surface area contributed by atoms with Crippen LogP contribution in [-0.2, 0) is 4.79 Å². The molecule has 0 aliphatic heterocycles. The fourth-order valence-electron chi connectivity index (χ4n) is 1.75. The lowest BCUT2D eigenvalue weighted by Gasteiger charge is -2.32. The standard InChI is InChI=1S/C12H26N2O/c1-6-9-12(5,11(15)13-8-3)14-10(4)7-2/h10,14H,6-9H2,1-5H3,(H,13,15). The van der Waals surface area contributed by atoms with Crippen molar-refractivity contribution in [1.82, 2.24) is 10.6 Å². The summed E-state index contributed by atoms with van der Waals surface area (Å²) in [5.74, 6) is 0.118. The van der Waals surface area contributed by atoms with Gasteiger partial charge in [-0.25, -0.2) is 0 Å². The molecule has 0 aromatic rings. The van der Waals surface area contributed by atoms with Gasteiger partial charge >= 0.3 is 0 Å². The molecule has 1 amide bonds. The molecule has 0 radical (unpaired) electrons. The Morgan fingerprint density at radius 2 is 1.93 bits per heavy atom. The van der Waals surface area contributed by atoms with Crippen LogP contribution in [0, 0.1) is 0 Å². The van der Waals surface area contributed by atoms with Crippen LogP contribution >= 0.6 is 0 Å². The van der Waals surface area contributed by atoms with E-state index in [0.29, 0.717) is 12.6 Å². The van der Waals surface area contributed by atoms with E-state index in [2.05, 4.69) is 31.4 Å². The van der Waals surface area contributed by atoms with Gasteiger partial charge in [-0.2, -0.15) is 0 Å². The fourth-order valence-corrected chi connectivity index (χ4v) is 1.75. The van der Waals surface area contributed by atoms with Crippen molar-refractivity contribution in [3.05, 3.63) is 0 Å². The number of nitrogens with one attached hydrogen (secondary N) is 2. The monoisotopic (exact) mass is 214 g/mol. The molecule has 2 unspecified atom stereocenters. The third-order valence-corrected chi connectivity index (χ3v) is 2.77. The molecule has 0 aromatic carbocycles. The minimum Gasteiger partial charge on any atom is -0.355 e. The maximum Gasteiger partial charge on any atom is 0.240 e. The average Bonchev–Trinajstić information content (AvgIpc) is 2.18. The van der Waals surface area contributed by atoms with Gasteiger partial charge in [0.15, 0.2) is 0 Å². The van der Waals surface area contributed by atoms with E-state index in [9.17, 15) is 4.79 Å². The summed E-state index contributed by atoms with van der Waals surface area (Å²) in [6.07, 6.45) is 2.93. The maximum atomic E-state index is 11.9. The molecule has 0 aliphatic carbocycles. The Bertz CT molecular complexity index is 194. The summed E-state index contributed by atoms with van der Waals surface area (Å²) >= 11 is 0. The van der Waals surface area contributed by atoms with Gasteiger partial charge in [0.05, 0.1) is 5.54 Å². The third-order valence-electron chi connectivity index (χ3n) is 2.77. The first-order valence-corrected chi connectivity index (χ1v) is 6.06. The Morgan fingerprint density at radius 3 is 2.33 bits per heavy atom. The van der Waals surface area contributed by atoms with E-state index in [1.807, 2.05) is 13.8 Å². The molecule has 0 fully saturated rings. The van der Waals surface area contributed by atoms with Gasteiger partial charge in [-0.05, 0) is 33.6 Å². The molecule has 0 aliphatic rings. The summed E-state index contributed by atoms with van der Waals surface area (Å²) < 4.78 is 0. The SMILES string of the molecule is CCCC(C)(NC(C)CC)C(=O)NCC. The van der Waals surface area contributed by atoms with E-state index < -0.39 is 5.54 Å². The van der Waals surface area contributed by atoms with E-state index >= 15 is 0 Å². The third kappa shape index (κ3) is 4.65. The molecule has 0 heterocycles. The number of carbonyl (C=O) groups excluding carboxylic acids is 1. The quantitative estimate of drug-likeness (QED) is 0.681. The van der Waals surface area contributed by atoms with Gasteiger partial charge < -0.3 is 10.6 Å². The second kappa shape index (κ2) is 6.83. The van der Waals surface area contributed by atoms with Crippen LogP contribution in [-0.4, -0.2) is 24.0 Å². The minimum atomic E-state index is -0.416. The normalized spacial score (nSPS) is 16.9. The molecule has 0 saturated heterocycles. The van der Waals surface area contributed by atoms with Gasteiger partial charge in [0.25, 0.3) is 0 Å². The highest BCUT2D eigenvalue weighted by Crippen LogP contribution is 2.14. The summed E-state index contributed by atoms with van der Waals surface area (Å²) in [6.45, 7) is 11.0. The number of carbonyl (C=O) groups is 1. The predicted octanol–water partition coefficient (Wildman–Crippen LogP) is 2.07. The lowest BCUT2D eigenvalue weighted by molar-refractivity contribution is -0.127. The van der Waals surface area contributed by atoms with Crippen molar-refractivity contribution in [2.24, 2.45) is 0 Å². The number of likely N-dealkylation sites (N-methyl/N-ethyl adjacent to an activating group) is 1. The van der Waals surface area contributed by atoms with Crippen LogP contribution in [0.2, 0.25) is 0 Å². The highest BCUT2D eigenvalue weighted by Gasteiger charge is 2.32. The Labute approximate surface area is 94.0 Å². The van der Waals surface area contributed by atoms with Crippen molar-refractivity contribution in [2.75, 3.05) is 6.54 Å². The Balaban J connectivity index is 4.49. The van der Waals surface area contributed by atoms with E-state index in [4.69, 9.17) is 0 Å². The van der Waals surface area contributed by atoms with Crippen molar-refractivity contribution < 1.29 is 4.79 Å². The Hall–Kier alpha value is -0.570.